The molecule has 14 heavy (non-hydrogen) atoms. The van der Waals surface area contributed by atoms with Gasteiger partial charge in [0.2, 0.25) is 0 Å². The highest BCUT2D eigenvalue weighted by atomic mass is 16.6. The molecule has 2 atom stereocenters. The Morgan fingerprint density at radius 3 is 2.64 bits per heavy atom. The maximum absolute atomic E-state index is 10.3. The summed E-state index contributed by atoms with van der Waals surface area (Å²) in [4.78, 5) is 10.3. The van der Waals surface area contributed by atoms with Crippen LogP contribution in [0.5, 0.6) is 0 Å². The van der Waals surface area contributed by atoms with E-state index in [0.717, 1.165) is 12.5 Å². The van der Waals surface area contributed by atoms with Crippen LogP contribution in [0.2, 0.25) is 0 Å². The van der Waals surface area contributed by atoms with Crippen molar-refractivity contribution in [3.05, 3.63) is 12.7 Å². The van der Waals surface area contributed by atoms with Crippen LogP contribution in [0.1, 0.15) is 20.3 Å². The summed E-state index contributed by atoms with van der Waals surface area (Å²) < 4.78 is 9.42. The van der Waals surface area contributed by atoms with E-state index in [1.54, 1.807) is 6.92 Å². The minimum Gasteiger partial charge on any atom is -0.460 e. The third-order valence-corrected chi connectivity index (χ3v) is 1.57. The van der Waals surface area contributed by atoms with Gasteiger partial charge in [-0.1, -0.05) is 13.5 Å². The smallest absolute Gasteiger partial charge is 0.330 e. The lowest BCUT2D eigenvalue weighted by molar-refractivity contribution is -0.138. The fourth-order valence-corrected chi connectivity index (χ4v) is 0.398. The molecule has 1 saturated heterocycles. The van der Waals surface area contributed by atoms with E-state index in [1.165, 1.54) is 0 Å². The third-order valence-electron chi connectivity index (χ3n) is 1.57. The maximum atomic E-state index is 10.3. The Morgan fingerprint density at radius 1 is 1.86 bits per heavy atom. The van der Waals surface area contributed by atoms with Crippen molar-refractivity contribution in [2.75, 3.05) is 13.2 Å². The predicted octanol–water partition coefficient (Wildman–Crippen LogP) is 0.892. The second-order valence-electron chi connectivity index (χ2n) is 3.05. The summed E-state index contributed by atoms with van der Waals surface area (Å²) in [7, 11) is 0. The third kappa shape index (κ3) is 9.22. The van der Waals surface area contributed by atoms with Crippen LogP contribution >= 0.6 is 0 Å². The molecule has 4 heteroatoms. The molecule has 2 unspecified atom stereocenters. The van der Waals surface area contributed by atoms with Crippen molar-refractivity contribution in [1.29, 1.82) is 0 Å². The SMILES string of the molecule is C=CC(=O)OCC1CO1.CCC(C)O. The Labute approximate surface area is 84.5 Å². The Kier molecular flexibility index (Phi) is 7.06. The zero-order valence-corrected chi connectivity index (χ0v) is 8.73. The minimum atomic E-state index is -0.384. The van der Waals surface area contributed by atoms with Crippen molar-refractivity contribution in [3.63, 3.8) is 0 Å². The van der Waals surface area contributed by atoms with Crippen molar-refractivity contribution in [1.82, 2.24) is 0 Å². The van der Waals surface area contributed by atoms with Gasteiger partial charge in [-0.2, -0.15) is 0 Å². The van der Waals surface area contributed by atoms with Gasteiger partial charge in [0.05, 0.1) is 12.7 Å². The van der Waals surface area contributed by atoms with Crippen molar-refractivity contribution >= 4 is 5.97 Å². The number of aliphatic hydroxyl groups excluding tert-OH is 1. The normalized spacial score (nSPS) is 20.1. The summed E-state index contributed by atoms with van der Waals surface area (Å²) >= 11 is 0. The summed E-state index contributed by atoms with van der Waals surface area (Å²) in [5.41, 5.74) is 0. The van der Waals surface area contributed by atoms with E-state index in [1.807, 2.05) is 6.92 Å². The van der Waals surface area contributed by atoms with Crippen molar-refractivity contribution in [3.8, 4) is 0 Å². The molecule has 1 fully saturated rings. The standard InChI is InChI=1S/C6H8O3.C4H10O/c1-2-6(7)9-4-5-3-8-5;1-3-4(2)5/h2,5H,1,3-4H2;4-5H,3H2,1-2H3. The van der Waals surface area contributed by atoms with Crippen molar-refractivity contribution < 1.29 is 19.4 Å². The van der Waals surface area contributed by atoms with Gasteiger partial charge in [-0.25, -0.2) is 4.79 Å². The molecule has 0 aromatic rings. The molecule has 1 aliphatic heterocycles. The number of ether oxygens (including phenoxy) is 2. The quantitative estimate of drug-likeness (QED) is 0.418. The minimum absolute atomic E-state index is 0.116. The van der Waals surface area contributed by atoms with Crippen molar-refractivity contribution in [2.45, 2.75) is 32.5 Å². The molecule has 0 radical (unpaired) electrons. The molecule has 0 aromatic carbocycles. The van der Waals surface area contributed by atoms with Gasteiger partial charge in [-0.3, -0.25) is 0 Å². The van der Waals surface area contributed by atoms with Gasteiger partial charge in [-0.05, 0) is 13.3 Å². The molecule has 4 nitrogen and oxygen atoms in total. The molecular formula is C10H18O4. The number of epoxide rings is 1. The van der Waals surface area contributed by atoms with Gasteiger partial charge in [0, 0.05) is 6.08 Å². The molecule has 0 aromatic heterocycles. The topological polar surface area (TPSA) is 59.1 Å². The van der Waals surface area contributed by atoms with Crippen LogP contribution in [-0.2, 0) is 14.3 Å². The first-order chi connectivity index (χ1) is 6.60. The highest BCUT2D eigenvalue weighted by molar-refractivity contribution is 5.81. The summed E-state index contributed by atoms with van der Waals surface area (Å²) in [6, 6.07) is 0. The van der Waals surface area contributed by atoms with Crippen molar-refractivity contribution in [2.24, 2.45) is 0 Å². The number of hydrogen-bond acceptors (Lipinski definition) is 4. The zero-order chi connectivity index (χ0) is 11.0. The summed E-state index contributed by atoms with van der Waals surface area (Å²) in [6.45, 7) is 8.05. The van der Waals surface area contributed by atoms with E-state index in [9.17, 15) is 4.79 Å². The van der Waals surface area contributed by atoms with Crippen LogP contribution in [0.25, 0.3) is 0 Å². The summed E-state index contributed by atoms with van der Waals surface area (Å²) in [6.07, 6.45) is 2.03. The lowest BCUT2D eigenvalue weighted by Crippen LogP contribution is -2.06. The van der Waals surface area contributed by atoms with E-state index in [4.69, 9.17) is 9.84 Å². The molecule has 1 heterocycles. The van der Waals surface area contributed by atoms with Gasteiger partial charge in [-0.15, -0.1) is 0 Å². The average Bonchev–Trinajstić information content (AvgIpc) is 2.98. The molecule has 0 saturated carbocycles. The van der Waals surface area contributed by atoms with Gasteiger partial charge in [0.25, 0.3) is 0 Å². The molecule has 0 amide bonds. The van der Waals surface area contributed by atoms with Crippen LogP contribution in [0.4, 0.5) is 0 Å². The van der Waals surface area contributed by atoms with Crippen LogP contribution in [-0.4, -0.2) is 36.5 Å². The highest BCUT2D eigenvalue weighted by Crippen LogP contribution is 2.08. The lowest BCUT2D eigenvalue weighted by atomic mass is 10.3. The summed E-state index contributed by atoms with van der Waals surface area (Å²) in [5, 5.41) is 8.36. The second-order valence-corrected chi connectivity index (χ2v) is 3.05. The Bertz CT molecular complexity index is 173. The Morgan fingerprint density at radius 2 is 2.36 bits per heavy atom. The zero-order valence-electron chi connectivity index (χ0n) is 8.73. The number of esters is 1. The van der Waals surface area contributed by atoms with E-state index < -0.39 is 0 Å². The molecule has 0 spiro atoms. The van der Waals surface area contributed by atoms with Gasteiger partial charge < -0.3 is 14.6 Å². The average molecular weight is 202 g/mol. The predicted molar refractivity (Wildman–Crippen MR) is 52.9 cm³/mol. The van der Waals surface area contributed by atoms with Crippen LogP contribution in [0, 0.1) is 0 Å². The number of hydrogen-bond donors (Lipinski definition) is 1. The van der Waals surface area contributed by atoms with E-state index in [-0.39, 0.29) is 18.2 Å². The van der Waals surface area contributed by atoms with Crippen LogP contribution in [0.15, 0.2) is 12.7 Å². The molecule has 1 N–H and O–H groups in total. The first-order valence-corrected chi connectivity index (χ1v) is 4.69. The highest BCUT2D eigenvalue weighted by Gasteiger charge is 2.23. The van der Waals surface area contributed by atoms with Crippen LogP contribution in [0.3, 0.4) is 0 Å². The lowest BCUT2D eigenvalue weighted by Gasteiger charge is -1.94. The monoisotopic (exact) mass is 202 g/mol. The van der Waals surface area contributed by atoms with Gasteiger partial charge in [0.15, 0.2) is 0 Å². The van der Waals surface area contributed by atoms with Gasteiger partial charge >= 0.3 is 5.97 Å². The number of carbonyl (C=O) groups is 1. The molecule has 1 aliphatic rings. The molecule has 1 rings (SSSR count). The number of rotatable bonds is 4. The number of carbonyl (C=O) groups excluding carboxylic acids is 1. The Balaban J connectivity index is 0.000000292. The molecule has 0 bridgehead atoms. The Hall–Kier alpha value is -0.870. The molecular weight excluding hydrogens is 184 g/mol. The van der Waals surface area contributed by atoms with Crippen LogP contribution < -0.4 is 0 Å². The fourth-order valence-electron chi connectivity index (χ4n) is 0.398. The second kappa shape index (κ2) is 7.53. The first-order valence-electron chi connectivity index (χ1n) is 4.69. The molecule has 0 aliphatic carbocycles. The largest absolute Gasteiger partial charge is 0.460 e. The first kappa shape index (κ1) is 13.1. The van der Waals surface area contributed by atoms with E-state index in [2.05, 4.69) is 11.3 Å². The van der Waals surface area contributed by atoms with E-state index >= 15 is 0 Å². The molecule has 82 valence electrons. The van der Waals surface area contributed by atoms with E-state index in [0.29, 0.717) is 13.2 Å². The summed E-state index contributed by atoms with van der Waals surface area (Å²) in [5.74, 6) is -0.384. The van der Waals surface area contributed by atoms with Gasteiger partial charge in [0.1, 0.15) is 12.7 Å². The number of aliphatic hydroxyl groups is 1. The fraction of sp³-hybridized carbons (Fsp3) is 0.700. The maximum Gasteiger partial charge on any atom is 0.330 e.